The Bertz CT molecular complexity index is 880. The van der Waals surface area contributed by atoms with Gasteiger partial charge in [-0.2, -0.15) is 5.10 Å². The fourth-order valence-electron chi connectivity index (χ4n) is 4.44. The lowest BCUT2D eigenvalue weighted by molar-refractivity contribution is -0.385. The van der Waals surface area contributed by atoms with Crippen LogP contribution in [0.4, 0.5) is 11.5 Å². The molecule has 0 radical (unpaired) electrons. The SMILES string of the molecule is O=C(CCn1cc([N+](=O)[O-])cn1)N1CCCC(CN2CCN(c3ccccn3)CC2)C1. The van der Waals surface area contributed by atoms with Crippen LogP contribution in [0.3, 0.4) is 0 Å². The molecule has 2 saturated heterocycles. The van der Waals surface area contributed by atoms with E-state index in [1.54, 1.807) is 0 Å². The van der Waals surface area contributed by atoms with Crippen molar-refractivity contribution in [2.75, 3.05) is 50.7 Å². The quantitative estimate of drug-likeness (QED) is 0.489. The average molecular weight is 428 g/mol. The molecule has 10 heteroatoms. The minimum atomic E-state index is -0.475. The molecule has 2 aromatic heterocycles. The number of nitrogens with zero attached hydrogens (tertiary/aromatic N) is 7. The molecule has 31 heavy (non-hydrogen) atoms. The van der Waals surface area contributed by atoms with Crippen LogP contribution < -0.4 is 4.90 Å². The van der Waals surface area contributed by atoms with Gasteiger partial charge < -0.3 is 9.80 Å². The van der Waals surface area contributed by atoms with E-state index in [1.807, 2.05) is 23.2 Å². The topological polar surface area (TPSA) is 101 Å². The number of amides is 1. The summed E-state index contributed by atoms with van der Waals surface area (Å²) in [5.41, 5.74) is -0.0476. The van der Waals surface area contributed by atoms with Crippen molar-refractivity contribution in [3.8, 4) is 0 Å². The number of carbonyl (C=O) groups excluding carboxylic acids is 1. The summed E-state index contributed by atoms with van der Waals surface area (Å²) >= 11 is 0. The summed E-state index contributed by atoms with van der Waals surface area (Å²) in [6.07, 6.45) is 6.91. The van der Waals surface area contributed by atoms with Gasteiger partial charge in [-0.3, -0.25) is 24.5 Å². The van der Waals surface area contributed by atoms with Crippen molar-refractivity contribution in [3.05, 3.63) is 46.9 Å². The van der Waals surface area contributed by atoms with Crippen molar-refractivity contribution in [2.45, 2.75) is 25.8 Å². The predicted octanol–water partition coefficient (Wildman–Crippen LogP) is 1.64. The molecule has 2 fully saturated rings. The lowest BCUT2D eigenvalue weighted by Gasteiger charge is -2.39. The number of aromatic nitrogens is 3. The van der Waals surface area contributed by atoms with Crippen molar-refractivity contribution >= 4 is 17.4 Å². The molecule has 0 aliphatic carbocycles. The Morgan fingerprint density at radius 2 is 2.03 bits per heavy atom. The van der Waals surface area contributed by atoms with E-state index < -0.39 is 4.92 Å². The van der Waals surface area contributed by atoms with Crippen LogP contribution in [0.25, 0.3) is 0 Å². The Balaban J connectivity index is 1.21. The molecular formula is C21H29N7O3. The first-order valence-electron chi connectivity index (χ1n) is 10.9. The van der Waals surface area contributed by atoms with E-state index in [1.165, 1.54) is 17.1 Å². The van der Waals surface area contributed by atoms with E-state index >= 15 is 0 Å². The van der Waals surface area contributed by atoms with Gasteiger partial charge in [0, 0.05) is 65.0 Å². The van der Waals surface area contributed by atoms with Crippen molar-refractivity contribution < 1.29 is 9.72 Å². The summed E-state index contributed by atoms with van der Waals surface area (Å²) in [4.78, 5) is 34.2. The van der Waals surface area contributed by atoms with Gasteiger partial charge in [-0.25, -0.2) is 4.98 Å². The Morgan fingerprint density at radius 3 is 2.74 bits per heavy atom. The first kappa shape index (κ1) is 21.2. The maximum Gasteiger partial charge on any atom is 0.306 e. The summed E-state index contributed by atoms with van der Waals surface area (Å²) in [7, 11) is 0. The minimum Gasteiger partial charge on any atom is -0.354 e. The number of aryl methyl sites for hydroxylation is 1. The highest BCUT2D eigenvalue weighted by atomic mass is 16.6. The zero-order valence-corrected chi connectivity index (χ0v) is 17.7. The van der Waals surface area contributed by atoms with Gasteiger partial charge in [0.05, 0.1) is 4.92 Å². The molecule has 0 aromatic carbocycles. The molecule has 1 amide bonds. The van der Waals surface area contributed by atoms with E-state index in [2.05, 4.69) is 25.9 Å². The fourth-order valence-corrected chi connectivity index (χ4v) is 4.44. The molecule has 2 aromatic rings. The van der Waals surface area contributed by atoms with E-state index in [0.29, 0.717) is 18.9 Å². The third kappa shape index (κ3) is 5.57. The number of piperazine rings is 1. The van der Waals surface area contributed by atoms with Gasteiger partial charge in [0.25, 0.3) is 0 Å². The van der Waals surface area contributed by atoms with Crippen molar-refractivity contribution in [1.82, 2.24) is 24.6 Å². The maximum atomic E-state index is 12.7. The van der Waals surface area contributed by atoms with Crippen LogP contribution >= 0.6 is 0 Å². The van der Waals surface area contributed by atoms with Crippen LogP contribution in [0.2, 0.25) is 0 Å². The number of carbonyl (C=O) groups is 1. The zero-order valence-electron chi connectivity index (χ0n) is 17.7. The van der Waals surface area contributed by atoms with Crippen LogP contribution in [0, 0.1) is 16.0 Å². The Hall–Kier alpha value is -3.01. The molecule has 0 saturated carbocycles. The molecule has 1 atom stereocenters. The van der Waals surface area contributed by atoms with Crippen LogP contribution in [-0.4, -0.2) is 81.2 Å². The summed E-state index contributed by atoms with van der Waals surface area (Å²) in [6, 6.07) is 6.02. The van der Waals surface area contributed by atoms with Gasteiger partial charge in [-0.1, -0.05) is 6.07 Å². The molecule has 2 aliphatic rings. The van der Waals surface area contributed by atoms with Crippen LogP contribution in [-0.2, 0) is 11.3 Å². The van der Waals surface area contributed by atoms with E-state index in [-0.39, 0.29) is 11.6 Å². The van der Waals surface area contributed by atoms with E-state index in [0.717, 1.165) is 64.5 Å². The first-order chi connectivity index (χ1) is 15.1. The number of rotatable bonds is 7. The highest BCUT2D eigenvalue weighted by molar-refractivity contribution is 5.76. The smallest absolute Gasteiger partial charge is 0.306 e. The monoisotopic (exact) mass is 427 g/mol. The zero-order chi connectivity index (χ0) is 21.6. The number of nitro groups is 1. The predicted molar refractivity (Wildman–Crippen MR) is 116 cm³/mol. The first-order valence-corrected chi connectivity index (χ1v) is 10.9. The molecular weight excluding hydrogens is 398 g/mol. The number of pyridine rings is 1. The Morgan fingerprint density at radius 1 is 1.19 bits per heavy atom. The molecule has 2 aliphatic heterocycles. The largest absolute Gasteiger partial charge is 0.354 e. The molecule has 0 spiro atoms. The van der Waals surface area contributed by atoms with Crippen molar-refractivity contribution in [2.24, 2.45) is 5.92 Å². The highest BCUT2D eigenvalue weighted by Gasteiger charge is 2.27. The highest BCUT2D eigenvalue weighted by Crippen LogP contribution is 2.20. The molecule has 10 nitrogen and oxygen atoms in total. The molecule has 0 N–H and O–H groups in total. The molecule has 4 rings (SSSR count). The fraction of sp³-hybridized carbons (Fsp3) is 0.571. The summed E-state index contributed by atoms with van der Waals surface area (Å²) in [6.45, 7) is 6.94. The Kier molecular flexibility index (Phi) is 6.76. The third-order valence-corrected chi connectivity index (χ3v) is 6.12. The second-order valence-corrected chi connectivity index (χ2v) is 8.29. The van der Waals surface area contributed by atoms with Crippen LogP contribution in [0.5, 0.6) is 0 Å². The average Bonchev–Trinajstić information content (AvgIpc) is 3.28. The molecule has 4 heterocycles. The van der Waals surface area contributed by atoms with Crippen LogP contribution in [0.15, 0.2) is 36.8 Å². The standard InChI is InChI=1S/C21H29N7O3/c29-21(6-9-27-17-19(14-23-27)28(30)31)26-8-3-4-18(16-26)15-24-10-12-25(13-11-24)20-5-1-2-7-22-20/h1-2,5,7,14,17-18H,3-4,6,8-13,15-16H2. The number of anilines is 1. The van der Waals surface area contributed by atoms with Gasteiger partial charge in [0.15, 0.2) is 0 Å². The van der Waals surface area contributed by atoms with Gasteiger partial charge in [0.2, 0.25) is 5.91 Å². The summed E-state index contributed by atoms with van der Waals surface area (Å²) < 4.78 is 1.47. The van der Waals surface area contributed by atoms with Gasteiger partial charge in [0.1, 0.15) is 18.2 Å². The number of piperidine rings is 1. The third-order valence-electron chi connectivity index (χ3n) is 6.12. The van der Waals surface area contributed by atoms with E-state index in [4.69, 9.17) is 0 Å². The number of hydrogen-bond donors (Lipinski definition) is 0. The lowest BCUT2D eigenvalue weighted by Crippen LogP contribution is -2.50. The second kappa shape index (κ2) is 9.86. The molecule has 0 bridgehead atoms. The maximum absolute atomic E-state index is 12.7. The minimum absolute atomic E-state index is 0.0476. The second-order valence-electron chi connectivity index (χ2n) is 8.29. The van der Waals surface area contributed by atoms with Gasteiger partial charge >= 0.3 is 5.69 Å². The van der Waals surface area contributed by atoms with Crippen LogP contribution in [0.1, 0.15) is 19.3 Å². The molecule has 166 valence electrons. The Labute approximate surface area is 181 Å². The van der Waals surface area contributed by atoms with Crippen molar-refractivity contribution in [3.63, 3.8) is 0 Å². The normalized spacial score (nSPS) is 20.1. The number of hydrogen-bond acceptors (Lipinski definition) is 7. The summed E-state index contributed by atoms with van der Waals surface area (Å²) in [5.74, 6) is 1.63. The van der Waals surface area contributed by atoms with E-state index in [9.17, 15) is 14.9 Å². The van der Waals surface area contributed by atoms with Crippen molar-refractivity contribution in [1.29, 1.82) is 0 Å². The van der Waals surface area contributed by atoms with Gasteiger partial charge in [-0.15, -0.1) is 0 Å². The summed E-state index contributed by atoms with van der Waals surface area (Å²) in [5, 5.41) is 14.7. The lowest BCUT2D eigenvalue weighted by atomic mass is 9.96. The molecule has 1 unspecified atom stereocenters. The number of likely N-dealkylation sites (tertiary alicyclic amines) is 1. The van der Waals surface area contributed by atoms with Gasteiger partial charge in [-0.05, 0) is 30.9 Å².